The van der Waals surface area contributed by atoms with Gasteiger partial charge in [0.1, 0.15) is 12.7 Å². The van der Waals surface area contributed by atoms with Gasteiger partial charge in [-0.3, -0.25) is 0 Å². The molecule has 1 heterocycles. The van der Waals surface area contributed by atoms with Crippen LogP contribution in [0.1, 0.15) is 13.0 Å². The normalized spacial score (nSPS) is 15.8. The van der Waals surface area contributed by atoms with E-state index in [1.165, 1.54) is 18.1 Å². The van der Waals surface area contributed by atoms with E-state index in [4.69, 9.17) is 28.9 Å². The van der Waals surface area contributed by atoms with E-state index < -0.39 is 0 Å². The van der Waals surface area contributed by atoms with Crippen LogP contribution in [0.25, 0.3) is 0 Å². The summed E-state index contributed by atoms with van der Waals surface area (Å²) in [5.41, 5.74) is 6.23. The minimum atomic E-state index is -0.239. The zero-order valence-electron chi connectivity index (χ0n) is 10.6. The lowest BCUT2D eigenvalue weighted by atomic mass is 10.2. The average molecular weight is 349 g/mol. The highest BCUT2D eigenvalue weighted by Gasteiger charge is 2.24. The first-order chi connectivity index (χ1) is 9.50. The second-order valence-corrected chi connectivity index (χ2v) is 7.12. The summed E-state index contributed by atoms with van der Waals surface area (Å²) >= 11 is 18.3. The molecular weight excluding hydrogens is 335 g/mol. The number of halogens is 2. The van der Waals surface area contributed by atoms with Crippen molar-refractivity contribution in [3.8, 4) is 0 Å². The van der Waals surface area contributed by atoms with Crippen molar-refractivity contribution >= 4 is 47.6 Å². The summed E-state index contributed by atoms with van der Waals surface area (Å²) in [6.45, 7) is 1.97. The Balaban J connectivity index is 2.10. The van der Waals surface area contributed by atoms with Crippen LogP contribution in [-0.2, 0) is 0 Å². The summed E-state index contributed by atoms with van der Waals surface area (Å²) in [4.78, 5) is 4.71. The molecule has 3 unspecified atom stereocenters. The molecule has 20 heavy (non-hydrogen) atoms. The van der Waals surface area contributed by atoms with Gasteiger partial charge in [0.25, 0.3) is 0 Å². The number of nitrogens with two attached hydrogens (primary N) is 1. The van der Waals surface area contributed by atoms with Gasteiger partial charge >= 0.3 is 0 Å². The molecule has 0 radical (unpaired) electrons. The molecule has 0 aliphatic rings. The number of thioether (sulfide) groups is 1. The van der Waals surface area contributed by atoms with Gasteiger partial charge in [0, 0.05) is 10.9 Å². The summed E-state index contributed by atoms with van der Waals surface area (Å²) in [6.07, 6.45) is 3.12. The fraction of sp³-hybridized carbons (Fsp3) is 0.333. The van der Waals surface area contributed by atoms with Gasteiger partial charge in [-0.05, 0) is 19.1 Å². The first kappa shape index (κ1) is 16.0. The molecule has 4 nitrogen and oxygen atoms in total. The third kappa shape index (κ3) is 3.62. The third-order valence-electron chi connectivity index (χ3n) is 2.90. The van der Waals surface area contributed by atoms with Gasteiger partial charge in [-0.1, -0.05) is 29.3 Å². The van der Waals surface area contributed by atoms with Gasteiger partial charge in [-0.25, -0.2) is 9.67 Å². The van der Waals surface area contributed by atoms with E-state index in [0.29, 0.717) is 10.0 Å². The topological polar surface area (TPSA) is 56.7 Å². The average Bonchev–Trinajstić information content (AvgIpc) is 2.95. The van der Waals surface area contributed by atoms with Crippen LogP contribution in [0, 0.1) is 0 Å². The fourth-order valence-electron chi connectivity index (χ4n) is 1.64. The Bertz CT molecular complexity index is 544. The monoisotopic (exact) mass is 348 g/mol. The minimum absolute atomic E-state index is 0.0336. The molecule has 2 rings (SSSR count). The van der Waals surface area contributed by atoms with Crippen molar-refractivity contribution in [1.82, 2.24) is 14.8 Å². The number of nitrogens with zero attached hydrogens (tertiary/aromatic N) is 3. The van der Waals surface area contributed by atoms with Crippen LogP contribution < -0.4 is 5.73 Å². The lowest BCUT2D eigenvalue weighted by Crippen LogP contribution is -2.37. The smallest absolute Gasteiger partial charge is 0.137 e. The molecule has 0 fully saturated rings. The molecule has 0 aliphatic carbocycles. The molecule has 0 aliphatic heterocycles. The van der Waals surface area contributed by atoms with Crippen LogP contribution in [0.5, 0.6) is 0 Å². The molecule has 2 aromatic rings. The maximum atomic E-state index is 6.23. The van der Waals surface area contributed by atoms with Crippen LogP contribution in [0.15, 0.2) is 35.7 Å². The van der Waals surface area contributed by atoms with Gasteiger partial charge in [-0.15, -0.1) is 11.8 Å². The number of hydrogen-bond donors (Lipinski definition) is 2. The van der Waals surface area contributed by atoms with Crippen LogP contribution in [0.2, 0.25) is 10.0 Å². The van der Waals surface area contributed by atoms with Gasteiger partial charge in [-0.2, -0.15) is 17.7 Å². The Kier molecular flexibility index (Phi) is 5.63. The molecule has 3 atom stereocenters. The quantitative estimate of drug-likeness (QED) is 0.493. The summed E-state index contributed by atoms with van der Waals surface area (Å²) < 4.78 is 1.54. The zero-order valence-corrected chi connectivity index (χ0v) is 13.9. The Morgan fingerprint density at radius 2 is 2.00 bits per heavy atom. The highest BCUT2D eigenvalue weighted by atomic mass is 35.5. The Morgan fingerprint density at radius 3 is 2.55 bits per heavy atom. The predicted molar refractivity (Wildman–Crippen MR) is 87.8 cm³/mol. The fourth-order valence-corrected chi connectivity index (χ4v) is 3.85. The first-order valence-electron chi connectivity index (χ1n) is 5.89. The molecule has 0 saturated heterocycles. The van der Waals surface area contributed by atoms with E-state index >= 15 is 0 Å². The number of rotatable bonds is 5. The Labute approximate surface area is 137 Å². The van der Waals surface area contributed by atoms with E-state index in [1.54, 1.807) is 29.2 Å². The van der Waals surface area contributed by atoms with E-state index in [2.05, 4.69) is 22.7 Å². The van der Waals surface area contributed by atoms with Crippen molar-refractivity contribution in [3.05, 3.63) is 40.9 Å². The maximum Gasteiger partial charge on any atom is 0.137 e. The summed E-state index contributed by atoms with van der Waals surface area (Å²) in [6, 6.07) is 5.12. The molecule has 108 valence electrons. The summed E-state index contributed by atoms with van der Waals surface area (Å²) in [5.74, 6) is 0. The first-order valence-corrected chi connectivity index (χ1v) is 8.04. The molecule has 0 saturated carbocycles. The van der Waals surface area contributed by atoms with Crippen LogP contribution in [0.4, 0.5) is 0 Å². The zero-order chi connectivity index (χ0) is 14.7. The maximum absolute atomic E-state index is 6.23. The summed E-state index contributed by atoms with van der Waals surface area (Å²) in [5, 5.41) is 5.29. The number of hydrogen-bond acceptors (Lipinski definition) is 5. The predicted octanol–water partition coefficient (Wildman–Crippen LogP) is 3.52. The van der Waals surface area contributed by atoms with Crippen molar-refractivity contribution < 1.29 is 0 Å². The largest absolute Gasteiger partial charge is 0.324 e. The number of aromatic nitrogens is 3. The molecule has 1 aromatic heterocycles. The van der Waals surface area contributed by atoms with Gasteiger partial charge in [0.2, 0.25) is 0 Å². The SMILES string of the molecule is CC(C(N)C(S)Sc1c(Cl)cccc1Cl)n1cncn1. The molecular formula is C12H14Cl2N4S2. The van der Waals surface area contributed by atoms with Gasteiger partial charge < -0.3 is 5.73 Å². The second kappa shape index (κ2) is 7.04. The minimum Gasteiger partial charge on any atom is -0.324 e. The Morgan fingerprint density at radius 1 is 1.35 bits per heavy atom. The van der Waals surface area contributed by atoms with Crippen LogP contribution >= 0.6 is 47.6 Å². The third-order valence-corrected chi connectivity index (χ3v) is 5.64. The molecule has 0 bridgehead atoms. The lowest BCUT2D eigenvalue weighted by molar-refractivity contribution is 0.421. The van der Waals surface area contributed by atoms with Crippen LogP contribution in [0.3, 0.4) is 0 Å². The number of benzene rings is 1. The van der Waals surface area contributed by atoms with E-state index in [0.717, 1.165) is 4.90 Å². The van der Waals surface area contributed by atoms with Crippen molar-refractivity contribution in [2.24, 2.45) is 5.73 Å². The van der Waals surface area contributed by atoms with E-state index in [9.17, 15) is 0 Å². The molecule has 0 spiro atoms. The number of thiol groups is 1. The highest BCUT2D eigenvalue weighted by molar-refractivity contribution is 8.10. The lowest BCUT2D eigenvalue weighted by Gasteiger charge is -2.25. The van der Waals surface area contributed by atoms with Crippen molar-refractivity contribution in [1.29, 1.82) is 0 Å². The summed E-state index contributed by atoms with van der Waals surface area (Å²) in [7, 11) is 0. The molecule has 8 heteroatoms. The van der Waals surface area contributed by atoms with E-state index in [-0.39, 0.29) is 16.7 Å². The second-order valence-electron chi connectivity index (χ2n) is 4.25. The van der Waals surface area contributed by atoms with Gasteiger partial charge in [0.05, 0.1) is 20.7 Å². The molecule has 1 aromatic carbocycles. The van der Waals surface area contributed by atoms with Crippen molar-refractivity contribution in [2.45, 2.75) is 28.5 Å². The Hall–Kier alpha value is -0.400. The van der Waals surface area contributed by atoms with Gasteiger partial charge in [0.15, 0.2) is 0 Å². The standard InChI is InChI=1S/C12H14Cl2N4S2/c1-7(18-6-16-5-17-18)10(15)12(19)20-11-8(13)3-2-4-9(11)14/h2-7,10,12,19H,15H2,1H3. The van der Waals surface area contributed by atoms with Crippen LogP contribution in [-0.4, -0.2) is 25.4 Å². The van der Waals surface area contributed by atoms with Crippen molar-refractivity contribution in [2.75, 3.05) is 0 Å². The van der Waals surface area contributed by atoms with Crippen molar-refractivity contribution in [3.63, 3.8) is 0 Å². The molecule has 0 amide bonds. The molecule has 2 N–H and O–H groups in total. The highest BCUT2D eigenvalue weighted by Crippen LogP contribution is 2.39. The van der Waals surface area contributed by atoms with E-state index in [1.807, 2.05) is 6.92 Å².